The highest BCUT2D eigenvalue weighted by Gasteiger charge is 2.03. The minimum Gasteiger partial charge on any atom is -0.497 e. The molecule has 3 N–H and O–H groups in total. The van der Waals surface area contributed by atoms with Crippen LogP contribution in [0.15, 0.2) is 54.7 Å². The molecule has 2 aromatic carbocycles. The molecule has 0 atom stereocenters. The average molecular weight is 378 g/mol. The van der Waals surface area contributed by atoms with Crippen LogP contribution >= 0.6 is 0 Å². The Morgan fingerprint density at radius 3 is 2.64 bits per heavy atom. The van der Waals surface area contributed by atoms with Gasteiger partial charge in [0.2, 0.25) is 11.9 Å². The number of rotatable bonds is 8. The predicted molar refractivity (Wildman–Crippen MR) is 109 cm³/mol. The number of aromatic nitrogens is 3. The van der Waals surface area contributed by atoms with Crippen LogP contribution in [0.5, 0.6) is 5.75 Å². The van der Waals surface area contributed by atoms with Gasteiger partial charge in [-0.2, -0.15) is 10.1 Å². The second-order valence-electron chi connectivity index (χ2n) is 6.08. The number of nitrogens with one attached hydrogen (secondary N) is 3. The molecule has 0 bridgehead atoms. The van der Waals surface area contributed by atoms with Crippen molar-refractivity contribution in [3.8, 4) is 5.75 Å². The third-order valence-electron chi connectivity index (χ3n) is 3.87. The quantitative estimate of drug-likeness (QED) is 0.553. The lowest BCUT2D eigenvalue weighted by Crippen LogP contribution is -2.10. The third kappa shape index (κ3) is 5.66. The van der Waals surface area contributed by atoms with Crippen molar-refractivity contribution in [2.75, 3.05) is 29.6 Å². The Bertz CT molecular complexity index is 930. The van der Waals surface area contributed by atoms with E-state index in [1.165, 1.54) is 12.5 Å². The smallest absolute Gasteiger partial charge is 0.244 e. The summed E-state index contributed by atoms with van der Waals surface area (Å²) < 4.78 is 5.16. The van der Waals surface area contributed by atoms with Crippen molar-refractivity contribution >= 4 is 29.0 Å². The van der Waals surface area contributed by atoms with Gasteiger partial charge in [-0.25, -0.2) is 0 Å². The molecule has 0 aliphatic carbocycles. The summed E-state index contributed by atoms with van der Waals surface area (Å²) in [5.74, 6) is 1.72. The largest absolute Gasteiger partial charge is 0.497 e. The number of nitrogens with zero attached hydrogens (tertiary/aromatic N) is 3. The van der Waals surface area contributed by atoms with Crippen LogP contribution in [-0.2, 0) is 11.2 Å². The van der Waals surface area contributed by atoms with E-state index in [9.17, 15) is 4.79 Å². The zero-order valence-electron chi connectivity index (χ0n) is 15.8. The molecule has 3 aromatic rings. The number of methoxy groups -OCH3 is 1. The SMILES string of the molecule is COc1ccc(CCNc2nncc(Nc3cccc(NC(C)=O)c3)n2)cc1. The minimum absolute atomic E-state index is 0.121. The molecule has 144 valence electrons. The zero-order chi connectivity index (χ0) is 19.8. The number of anilines is 4. The Morgan fingerprint density at radius 2 is 1.89 bits per heavy atom. The maximum absolute atomic E-state index is 11.2. The van der Waals surface area contributed by atoms with Gasteiger partial charge in [0.25, 0.3) is 0 Å². The van der Waals surface area contributed by atoms with E-state index in [0.29, 0.717) is 24.0 Å². The Morgan fingerprint density at radius 1 is 1.11 bits per heavy atom. The molecule has 0 radical (unpaired) electrons. The van der Waals surface area contributed by atoms with Gasteiger partial charge in [-0.3, -0.25) is 4.79 Å². The molecule has 8 heteroatoms. The summed E-state index contributed by atoms with van der Waals surface area (Å²) in [6, 6.07) is 15.3. The maximum atomic E-state index is 11.2. The van der Waals surface area contributed by atoms with E-state index in [-0.39, 0.29) is 5.91 Å². The predicted octanol–water partition coefficient (Wildman–Crippen LogP) is 3.24. The first-order chi connectivity index (χ1) is 13.6. The van der Waals surface area contributed by atoms with Gasteiger partial charge in [0.15, 0.2) is 5.82 Å². The highest BCUT2D eigenvalue weighted by Crippen LogP contribution is 2.19. The Labute approximate surface area is 163 Å². The molecular formula is C20H22N6O2. The standard InChI is InChI=1S/C20H22N6O2/c1-14(27)23-16-4-3-5-17(12-16)24-19-13-22-26-20(25-19)21-11-10-15-6-8-18(28-2)9-7-15/h3-9,12-13H,10-11H2,1-2H3,(H,23,27)(H2,21,24,25,26). The van der Waals surface area contributed by atoms with Crippen LogP contribution in [0.1, 0.15) is 12.5 Å². The normalized spacial score (nSPS) is 10.2. The number of ether oxygens (including phenoxy) is 1. The van der Waals surface area contributed by atoms with Gasteiger partial charge in [-0.05, 0) is 42.3 Å². The van der Waals surface area contributed by atoms with Gasteiger partial charge >= 0.3 is 0 Å². The molecule has 0 saturated carbocycles. The summed E-state index contributed by atoms with van der Waals surface area (Å²) in [7, 11) is 1.65. The van der Waals surface area contributed by atoms with Gasteiger partial charge < -0.3 is 20.7 Å². The minimum atomic E-state index is -0.121. The van der Waals surface area contributed by atoms with Gasteiger partial charge in [0.05, 0.1) is 13.3 Å². The van der Waals surface area contributed by atoms with Gasteiger partial charge in [0, 0.05) is 24.8 Å². The summed E-state index contributed by atoms with van der Waals surface area (Å²) in [5.41, 5.74) is 2.68. The van der Waals surface area contributed by atoms with Crippen LogP contribution in [0.4, 0.5) is 23.1 Å². The molecule has 0 aliphatic heterocycles. The molecule has 1 amide bonds. The summed E-state index contributed by atoms with van der Waals surface area (Å²) in [6.45, 7) is 2.15. The van der Waals surface area contributed by atoms with E-state index in [2.05, 4.69) is 31.1 Å². The molecular weight excluding hydrogens is 356 g/mol. The van der Waals surface area contributed by atoms with E-state index in [1.54, 1.807) is 13.3 Å². The third-order valence-corrected chi connectivity index (χ3v) is 3.87. The van der Waals surface area contributed by atoms with Gasteiger partial charge in [-0.15, -0.1) is 5.10 Å². The highest BCUT2D eigenvalue weighted by atomic mass is 16.5. The van der Waals surface area contributed by atoms with Crippen molar-refractivity contribution in [3.63, 3.8) is 0 Å². The van der Waals surface area contributed by atoms with Crippen LogP contribution in [0.25, 0.3) is 0 Å². The van der Waals surface area contributed by atoms with Crippen LogP contribution in [0.2, 0.25) is 0 Å². The number of hydrogen-bond donors (Lipinski definition) is 3. The number of hydrogen-bond acceptors (Lipinski definition) is 7. The topological polar surface area (TPSA) is 101 Å². The van der Waals surface area contributed by atoms with Crippen molar-refractivity contribution in [2.45, 2.75) is 13.3 Å². The maximum Gasteiger partial charge on any atom is 0.244 e. The fourth-order valence-corrected chi connectivity index (χ4v) is 2.58. The lowest BCUT2D eigenvalue weighted by atomic mass is 10.1. The lowest BCUT2D eigenvalue weighted by molar-refractivity contribution is -0.114. The summed E-state index contributed by atoms with van der Waals surface area (Å²) in [4.78, 5) is 15.6. The summed E-state index contributed by atoms with van der Waals surface area (Å²) >= 11 is 0. The Balaban J connectivity index is 1.57. The first-order valence-corrected chi connectivity index (χ1v) is 8.83. The highest BCUT2D eigenvalue weighted by molar-refractivity contribution is 5.89. The Kier molecular flexibility index (Phi) is 6.35. The molecule has 3 rings (SSSR count). The zero-order valence-corrected chi connectivity index (χ0v) is 15.8. The van der Waals surface area contributed by atoms with E-state index >= 15 is 0 Å². The second-order valence-corrected chi connectivity index (χ2v) is 6.08. The van der Waals surface area contributed by atoms with Crippen molar-refractivity contribution in [2.24, 2.45) is 0 Å². The summed E-state index contributed by atoms with van der Waals surface area (Å²) in [6.07, 6.45) is 2.36. The Hall–Kier alpha value is -3.68. The monoisotopic (exact) mass is 378 g/mol. The van der Waals surface area contributed by atoms with Crippen molar-refractivity contribution in [1.29, 1.82) is 0 Å². The lowest BCUT2D eigenvalue weighted by Gasteiger charge is -2.09. The molecule has 8 nitrogen and oxygen atoms in total. The second kappa shape index (κ2) is 9.31. The first kappa shape index (κ1) is 19.1. The van der Waals surface area contributed by atoms with Gasteiger partial charge in [0.1, 0.15) is 5.75 Å². The van der Waals surface area contributed by atoms with Crippen molar-refractivity contribution in [1.82, 2.24) is 15.2 Å². The fraction of sp³-hybridized carbons (Fsp3) is 0.200. The van der Waals surface area contributed by atoms with Crippen LogP contribution in [0.3, 0.4) is 0 Å². The fourth-order valence-electron chi connectivity index (χ4n) is 2.58. The van der Waals surface area contributed by atoms with E-state index in [1.807, 2.05) is 48.5 Å². The molecule has 0 fully saturated rings. The first-order valence-electron chi connectivity index (χ1n) is 8.83. The number of benzene rings is 2. The number of carbonyl (C=O) groups is 1. The molecule has 0 aliphatic rings. The van der Waals surface area contributed by atoms with Crippen molar-refractivity contribution in [3.05, 3.63) is 60.3 Å². The number of carbonyl (C=O) groups excluding carboxylic acids is 1. The van der Waals surface area contributed by atoms with Crippen LogP contribution in [-0.4, -0.2) is 34.7 Å². The van der Waals surface area contributed by atoms with Gasteiger partial charge in [-0.1, -0.05) is 18.2 Å². The molecule has 0 spiro atoms. The molecule has 0 unspecified atom stereocenters. The van der Waals surface area contributed by atoms with E-state index in [4.69, 9.17) is 4.74 Å². The van der Waals surface area contributed by atoms with E-state index < -0.39 is 0 Å². The molecule has 0 saturated heterocycles. The molecule has 1 aromatic heterocycles. The van der Waals surface area contributed by atoms with E-state index in [0.717, 1.165) is 17.9 Å². The van der Waals surface area contributed by atoms with Crippen LogP contribution in [0, 0.1) is 0 Å². The number of amides is 1. The average Bonchev–Trinajstić information content (AvgIpc) is 2.69. The van der Waals surface area contributed by atoms with Crippen LogP contribution < -0.4 is 20.7 Å². The molecule has 1 heterocycles. The van der Waals surface area contributed by atoms with Crippen molar-refractivity contribution < 1.29 is 9.53 Å². The molecule has 28 heavy (non-hydrogen) atoms. The summed E-state index contributed by atoms with van der Waals surface area (Å²) in [5, 5.41) is 17.1.